The maximum atomic E-state index is 12.9. The molecule has 5 nitrogen and oxygen atoms in total. The number of allylic oxidation sites excluding steroid dienone is 1. The first-order valence-corrected chi connectivity index (χ1v) is 12.0. The van der Waals surface area contributed by atoms with Gasteiger partial charge >= 0.3 is 0 Å². The lowest BCUT2D eigenvalue weighted by atomic mass is 9.88. The number of anilines is 1. The number of nitrogens with zero attached hydrogens (tertiary/aromatic N) is 2. The van der Waals surface area contributed by atoms with Crippen molar-refractivity contribution in [1.82, 2.24) is 4.90 Å². The molecule has 1 saturated heterocycles. The summed E-state index contributed by atoms with van der Waals surface area (Å²) >= 11 is 7.53. The van der Waals surface area contributed by atoms with E-state index in [1.165, 1.54) is 4.90 Å². The number of hydrogen-bond donors (Lipinski definition) is 0. The lowest BCUT2D eigenvalue weighted by Gasteiger charge is -2.40. The standard InChI is InChI=1S/C26H27ClN2O3S/c1-16-6-8-19(9-7-16)32-11-10-29-24(30)23(33-25(29)31)13-18-12-20-17(2)15-26(3,4)28(5)22(20)14-21(18)27/h6-9,12-15H,10-11H2,1-5H3/b23-13+. The molecule has 2 aliphatic heterocycles. The summed E-state index contributed by atoms with van der Waals surface area (Å²) in [5.41, 5.74) is 5.01. The minimum Gasteiger partial charge on any atom is -0.492 e. The average Bonchev–Trinajstić information content (AvgIpc) is 3.01. The summed E-state index contributed by atoms with van der Waals surface area (Å²) in [6, 6.07) is 11.6. The molecule has 2 aromatic rings. The van der Waals surface area contributed by atoms with E-state index in [9.17, 15) is 9.59 Å². The van der Waals surface area contributed by atoms with Crippen LogP contribution in [0.5, 0.6) is 5.75 Å². The van der Waals surface area contributed by atoms with Crippen LogP contribution in [0.1, 0.15) is 37.5 Å². The van der Waals surface area contributed by atoms with Crippen LogP contribution >= 0.6 is 23.4 Å². The van der Waals surface area contributed by atoms with Crippen LogP contribution in [0.3, 0.4) is 0 Å². The van der Waals surface area contributed by atoms with E-state index in [2.05, 4.69) is 31.7 Å². The Morgan fingerprint density at radius 3 is 2.52 bits per heavy atom. The number of benzene rings is 2. The molecule has 0 atom stereocenters. The monoisotopic (exact) mass is 482 g/mol. The Kier molecular flexibility index (Phi) is 6.34. The second-order valence-electron chi connectivity index (χ2n) is 8.93. The number of ether oxygens (including phenoxy) is 1. The van der Waals surface area contributed by atoms with Crippen LogP contribution in [0.2, 0.25) is 5.02 Å². The quantitative estimate of drug-likeness (QED) is 0.462. The van der Waals surface area contributed by atoms with E-state index in [-0.39, 0.29) is 29.8 Å². The van der Waals surface area contributed by atoms with Crippen molar-refractivity contribution in [3.8, 4) is 5.75 Å². The summed E-state index contributed by atoms with van der Waals surface area (Å²) < 4.78 is 5.69. The van der Waals surface area contributed by atoms with Gasteiger partial charge in [-0.25, -0.2) is 0 Å². The van der Waals surface area contributed by atoms with Crippen molar-refractivity contribution in [2.75, 3.05) is 25.1 Å². The third kappa shape index (κ3) is 4.68. The predicted octanol–water partition coefficient (Wildman–Crippen LogP) is 6.40. The van der Waals surface area contributed by atoms with Gasteiger partial charge in [-0.2, -0.15) is 0 Å². The normalized spacial score (nSPS) is 18.6. The molecule has 0 N–H and O–H groups in total. The van der Waals surface area contributed by atoms with Crippen LogP contribution in [0.4, 0.5) is 10.5 Å². The molecule has 172 valence electrons. The summed E-state index contributed by atoms with van der Waals surface area (Å²) in [5, 5.41) is 0.242. The molecule has 2 aliphatic rings. The summed E-state index contributed by atoms with van der Waals surface area (Å²) in [5.74, 6) is 0.386. The molecule has 0 aliphatic carbocycles. The third-order valence-corrected chi connectivity index (χ3v) is 7.33. The van der Waals surface area contributed by atoms with Gasteiger partial charge in [0.2, 0.25) is 0 Å². The smallest absolute Gasteiger partial charge is 0.293 e. The van der Waals surface area contributed by atoms with Crippen LogP contribution in [-0.2, 0) is 4.79 Å². The van der Waals surface area contributed by atoms with Crippen molar-refractivity contribution < 1.29 is 14.3 Å². The number of likely N-dealkylation sites (N-methyl/N-ethyl adjacent to an activating group) is 1. The van der Waals surface area contributed by atoms with Crippen molar-refractivity contribution in [2.45, 2.75) is 33.2 Å². The number of imide groups is 1. The van der Waals surface area contributed by atoms with Crippen molar-refractivity contribution in [2.24, 2.45) is 0 Å². The molecule has 0 bridgehead atoms. The Morgan fingerprint density at radius 1 is 1.12 bits per heavy atom. The van der Waals surface area contributed by atoms with Crippen LogP contribution in [0.15, 0.2) is 47.4 Å². The first kappa shape index (κ1) is 23.5. The number of rotatable bonds is 5. The van der Waals surface area contributed by atoms with Crippen LogP contribution in [0.25, 0.3) is 11.6 Å². The van der Waals surface area contributed by atoms with Crippen LogP contribution in [-0.4, -0.2) is 41.8 Å². The second kappa shape index (κ2) is 8.92. The zero-order valence-corrected chi connectivity index (χ0v) is 21.0. The summed E-state index contributed by atoms with van der Waals surface area (Å²) in [6.45, 7) is 8.81. The number of thioether (sulfide) groups is 1. The predicted molar refractivity (Wildman–Crippen MR) is 137 cm³/mol. The van der Waals surface area contributed by atoms with Gasteiger partial charge in [0, 0.05) is 23.3 Å². The van der Waals surface area contributed by atoms with Gasteiger partial charge in [-0.05, 0) is 80.9 Å². The highest BCUT2D eigenvalue weighted by Crippen LogP contribution is 2.42. The first-order valence-electron chi connectivity index (χ1n) is 10.8. The van der Waals surface area contributed by atoms with Gasteiger partial charge in [-0.15, -0.1) is 0 Å². The molecule has 7 heteroatoms. The van der Waals surface area contributed by atoms with Gasteiger partial charge < -0.3 is 9.64 Å². The van der Waals surface area contributed by atoms with Gasteiger partial charge in [-0.1, -0.05) is 35.4 Å². The number of amides is 2. The zero-order valence-electron chi connectivity index (χ0n) is 19.4. The number of halogens is 1. The SMILES string of the molecule is CC1=CC(C)(C)N(C)c2cc(Cl)c(/C=C3/SC(=O)N(CCOc4ccc(C)cc4)C3=O)cc21. The minimum atomic E-state index is -0.322. The van der Waals surface area contributed by atoms with Crippen LogP contribution in [0, 0.1) is 6.92 Å². The summed E-state index contributed by atoms with van der Waals surface area (Å²) in [6.07, 6.45) is 3.93. The fraction of sp³-hybridized carbons (Fsp3) is 0.308. The van der Waals surface area contributed by atoms with E-state index < -0.39 is 0 Å². The highest BCUT2D eigenvalue weighted by Gasteiger charge is 2.35. The van der Waals surface area contributed by atoms with E-state index in [4.69, 9.17) is 16.3 Å². The molecular weight excluding hydrogens is 456 g/mol. The highest BCUT2D eigenvalue weighted by atomic mass is 35.5. The Hall–Kier alpha value is -2.70. The topological polar surface area (TPSA) is 49.9 Å². The Morgan fingerprint density at radius 2 is 1.82 bits per heavy atom. The Labute approximate surface area is 204 Å². The fourth-order valence-corrected chi connectivity index (χ4v) is 5.09. The van der Waals surface area contributed by atoms with Crippen molar-refractivity contribution >= 4 is 51.8 Å². The van der Waals surface area contributed by atoms with Gasteiger partial charge in [0.25, 0.3) is 11.1 Å². The summed E-state index contributed by atoms with van der Waals surface area (Å²) in [4.78, 5) is 29.2. The maximum Gasteiger partial charge on any atom is 0.293 e. The molecule has 4 rings (SSSR count). The third-order valence-electron chi connectivity index (χ3n) is 6.10. The Bertz CT molecular complexity index is 1180. The molecule has 0 aromatic heterocycles. The number of carbonyl (C=O) groups excluding carboxylic acids is 2. The molecule has 2 heterocycles. The minimum absolute atomic E-state index is 0.120. The van der Waals surface area contributed by atoms with E-state index in [0.29, 0.717) is 15.7 Å². The van der Waals surface area contributed by atoms with Crippen molar-refractivity contribution in [3.05, 3.63) is 69.1 Å². The first-order chi connectivity index (χ1) is 15.6. The van der Waals surface area contributed by atoms with Gasteiger partial charge in [0.15, 0.2) is 0 Å². The zero-order chi connectivity index (χ0) is 23.9. The van der Waals surface area contributed by atoms with E-state index >= 15 is 0 Å². The van der Waals surface area contributed by atoms with Gasteiger partial charge in [0.1, 0.15) is 12.4 Å². The molecule has 0 unspecified atom stereocenters. The van der Waals surface area contributed by atoms with Crippen molar-refractivity contribution in [3.63, 3.8) is 0 Å². The number of aryl methyl sites for hydroxylation is 1. The number of fused-ring (bicyclic) bond motifs is 1. The maximum absolute atomic E-state index is 12.9. The molecule has 0 radical (unpaired) electrons. The molecular formula is C26H27ClN2O3S. The van der Waals surface area contributed by atoms with Crippen LogP contribution < -0.4 is 9.64 Å². The van der Waals surface area contributed by atoms with E-state index in [1.54, 1.807) is 6.08 Å². The molecule has 0 spiro atoms. The molecule has 33 heavy (non-hydrogen) atoms. The number of carbonyl (C=O) groups is 2. The molecule has 0 saturated carbocycles. The lowest BCUT2D eigenvalue weighted by molar-refractivity contribution is -0.123. The highest BCUT2D eigenvalue weighted by molar-refractivity contribution is 8.18. The fourth-order valence-electron chi connectivity index (χ4n) is 4.02. The Balaban J connectivity index is 1.52. The van der Waals surface area contributed by atoms with Crippen molar-refractivity contribution in [1.29, 1.82) is 0 Å². The number of hydrogen-bond acceptors (Lipinski definition) is 5. The largest absolute Gasteiger partial charge is 0.492 e. The molecule has 1 fully saturated rings. The van der Waals surface area contributed by atoms with Gasteiger partial charge in [-0.3, -0.25) is 14.5 Å². The van der Waals surface area contributed by atoms with E-state index in [1.807, 2.05) is 50.4 Å². The molecule has 2 amide bonds. The lowest BCUT2D eigenvalue weighted by Crippen LogP contribution is -2.42. The summed E-state index contributed by atoms with van der Waals surface area (Å²) in [7, 11) is 2.04. The van der Waals surface area contributed by atoms with Gasteiger partial charge in [0.05, 0.1) is 17.0 Å². The second-order valence-corrected chi connectivity index (χ2v) is 10.3. The van der Waals surface area contributed by atoms with E-state index in [0.717, 1.165) is 39.7 Å². The average molecular weight is 483 g/mol. The molecule has 2 aromatic carbocycles.